The van der Waals surface area contributed by atoms with Crippen LogP contribution in [0, 0.1) is 6.92 Å². The number of hydrogen-bond donors (Lipinski definition) is 3. The van der Waals surface area contributed by atoms with E-state index in [9.17, 15) is 4.79 Å². The zero-order valence-corrected chi connectivity index (χ0v) is 9.67. The van der Waals surface area contributed by atoms with Crippen LogP contribution in [0.4, 0.5) is 11.5 Å². The van der Waals surface area contributed by atoms with Crippen molar-refractivity contribution in [1.82, 2.24) is 10.1 Å². The molecule has 0 aliphatic heterocycles. The van der Waals surface area contributed by atoms with Crippen LogP contribution in [-0.2, 0) is 6.54 Å². The van der Waals surface area contributed by atoms with Gasteiger partial charge in [-0.3, -0.25) is 0 Å². The summed E-state index contributed by atoms with van der Waals surface area (Å²) in [6, 6.07) is 3.12. The number of nitrogens with two attached hydrogens (primary N) is 1. The summed E-state index contributed by atoms with van der Waals surface area (Å²) in [4.78, 5) is 14.9. The second kappa shape index (κ2) is 4.74. The maximum Gasteiger partial charge on any atom is 0.337 e. The highest BCUT2D eigenvalue weighted by Gasteiger charge is 2.12. The van der Waals surface area contributed by atoms with Crippen LogP contribution in [0.5, 0.6) is 0 Å². The molecule has 0 aliphatic carbocycles. The van der Waals surface area contributed by atoms with Crippen molar-refractivity contribution >= 4 is 17.5 Å². The van der Waals surface area contributed by atoms with Gasteiger partial charge in [0.15, 0.2) is 5.76 Å². The number of aromatic nitrogens is 2. The Balaban J connectivity index is 2.14. The molecule has 0 aromatic carbocycles. The van der Waals surface area contributed by atoms with Crippen molar-refractivity contribution in [1.29, 1.82) is 0 Å². The molecule has 4 N–H and O–H groups in total. The molecule has 2 aromatic rings. The number of carboxylic acids is 1. The van der Waals surface area contributed by atoms with Gasteiger partial charge in [-0.15, -0.1) is 0 Å². The lowest BCUT2D eigenvalue weighted by molar-refractivity contribution is 0.0698. The minimum atomic E-state index is -1.09. The predicted molar refractivity (Wildman–Crippen MR) is 64.2 cm³/mol. The third-order valence-corrected chi connectivity index (χ3v) is 2.33. The van der Waals surface area contributed by atoms with E-state index in [4.69, 9.17) is 15.4 Å². The van der Waals surface area contributed by atoms with Gasteiger partial charge in [0.2, 0.25) is 0 Å². The molecule has 0 bridgehead atoms. The van der Waals surface area contributed by atoms with Gasteiger partial charge in [-0.25, -0.2) is 9.78 Å². The van der Waals surface area contributed by atoms with Crippen LogP contribution in [0.15, 0.2) is 22.9 Å². The molecule has 2 heterocycles. The van der Waals surface area contributed by atoms with E-state index in [0.717, 1.165) is 5.69 Å². The highest BCUT2D eigenvalue weighted by atomic mass is 16.5. The van der Waals surface area contributed by atoms with E-state index < -0.39 is 5.97 Å². The van der Waals surface area contributed by atoms with Crippen LogP contribution in [0.25, 0.3) is 0 Å². The fraction of sp³-hybridized carbons (Fsp3) is 0.182. The van der Waals surface area contributed by atoms with Crippen molar-refractivity contribution in [2.45, 2.75) is 13.5 Å². The number of aryl methyl sites for hydroxylation is 1. The van der Waals surface area contributed by atoms with Gasteiger partial charge in [0.05, 0.1) is 23.5 Å². The van der Waals surface area contributed by atoms with Crippen molar-refractivity contribution in [3.8, 4) is 0 Å². The lowest BCUT2D eigenvalue weighted by Gasteiger charge is -2.08. The lowest BCUT2D eigenvalue weighted by Crippen LogP contribution is -2.09. The van der Waals surface area contributed by atoms with Crippen molar-refractivity contribution in [3.63, 3.8) is 0 Å². The van der Waals surface area contributed by atoms with Crippen molar-refractivity contribution < 1.29 is 14.4 Å². The van der Waals surface area contributed by atoms with E-state index in [-0.39, 0.29) is 11.3 Å². The third kappa shape index (κ3) is 2.40. The zero-order chi connectivity index (χ0) is 13.1. The normalized spacial score (nSPS) is 10.3. The molecule has 0 amide bonds. The minimum Gasteiger partial charge on any atom is -0.478 e. The predicted octanol–water partition coefficient (Wildman–Crippen LogP) is 1.27. The SMILES string of the molecule is Cc1cc(CNc2nccc(C(=O)O)c2N)on1. The minimum absolute atomic E-state index is 0.0150. The van der Waals surface area contributed by atoms with Crippen LogP contribution >= 0.6 is 0 Å². The molecule has 0 unspecified atom stereocenters. The van der Waals surface area contributed by atoms with Crippen LogP contribution in [0.3, 0.4) is 0 Å². The van der Waals surface area contributed by atoms with Gasteiger partial charge in [-0.2, -0.15) is 0 Å². The quantitative estimate of drug-likeness (QED) is 0.746. The number of nitrogen functional groups attached to an aromatic ring is 1. The van der Waals surface area contributed by atoms with E-state index in [0.29, 0.717) is 18.1 Å². The number of anilines is 2. The molecule has 0 fully saturated rings. The first kappa shape index (κ1) is 11.9. The largest absolute Gasteiger partial charge is 0.478 e. The first-order valence-electron chi connectivity index (χ1n) is 5.21. The summed E-state index contributed by atoms with van der Waals surface area (Å²) < 4.78 is 5.01. The van der Waals surface area contributed by atoms with E-state index in [1.807, 2.05) is 6.92 Å². The van der Waals surface area contributed by atoms with Crippen LogP contribution in [-0.4, -0.2) is 21.2 Å². The Kier molecular flexibility index (Phi) is 3.13. The number of nitrogens with one attached hydrogen (secondary N) is 1. The van der Waals surface area contributed by atoms with Gasteiger partial charge >= 0.3 is 5.97 Å². The number of pyridine rings is 1. The van der Waals surface area contributed by atoms with E-state index in [1.54, 1.807) is 6.07 Å². The van der Waals surface area contributed by atoms with Crippen molar-refractivity contribution in [3.05, 3.63) is 35.3 Å². The van der Waals surface area contributed by atoms with E-state index >= 15 is 0 Å². The lowest BCUT2D eigenvalue weighted by atomic mass is 10.2. The molecule has 7 nitrogen and oxygen atoms in total. The molecule has 2 rings (SSSR count). The van der Waals surface area contributed by atoms with Gasteiger partial charge in [0.25, 0.3) is 0 Å². The van der Waals surface area contributed by atoms with Gasteiger partial charge in [-0.05, 0) is 13.0 Å². The second-order valence-electron chi connectivity index (χ2n) is 3.71. The summed E-state index contributed by atoms with van der Waals surface area (Å²) in [5.41, 5.74) is 6.59. The topological polar surface area (TPSA) is 114 Å². The van der Waals surface area contributed by atoms with Crippen LogP contribution in [0.2, 0.25) is 0 Å². The van der Waals surface area contributed by atoms with E-state index in [2.05, 4.69) is 15.5 Å². The number of carbonyl (C=O) groups is 1. The smallest absolute Gasteiger partial charge is 0.337 e. The summed E-state index contributed by atoms with van der Waals surface area (Å²) in [5, 5.41) is 15.6. The maximum atomic E-state index is 10.9. The molecule has 0 aliphatic rings. The number of carboxylic acid groups (broad SMARTS) is 1. The molecular weight excluding hydrogens is 236 g/mol. The summed E-state index contributed by atoms with van der Waals surface area (Å²) in [7, 11) is 0. The van der Waals surface area contributed by atoms with Gasteiger partial charge in [0, 0.05) is 12.3 Å². The molecule has 0 atom stereocenters. The maximum absolute atomic E-state index is 10.9. The molecule has 0 saturated carbocycles. The molecule has 94 valence electrons. The average Bonchev–Trinajstić information content (AvgIpc) is 2.73. The molecule has 0 saturated heterocycles. The number of aromatic carboxylic acids is 1. The average molecular weight is 248 g/mol. The Morgan fingerprint density at radius 3 is 3.00 bits per heavy atom. The van der Waals surface area contributed by atoms with E-state index in [1.165, 1.54) is 12.3 Å². The number of rotatable bonds is 4. The Bertz CT molecular complexity index is 579. The van der Waals surface area contributed by atoms with Crippen LogP contribution < -0.4 is 11.1 Å². The van der Waals surface area contributed by atoms with Gasteiger partial charge in [-0.1, -0.05) is 5.16 Å². The zero-order valence-electron chi connectivity index (χ0n) is 9.67. The summed E-state index contributed by atoms with van der Waals surface area (Å²) in [6.45, 7) is 2.14. The molecule has 0 radical (unpaired) electrons. The first-order valence-corrected chi connectivity index (χ1v) is 5.21. The third-order valence-electron chi connectivity index (χ3n) is 2.33. The highest BCUT2D eigenvalue weighted by Crippen LogP contribution is 2.20. The van der Waals surface area contributed by atoms with Crippen molar-refractivity contribution in [2.24, 2.45) is 0 Å². The fourth-order valence-corrected chi connectivity index (χ4v) is 1.47. The fourth-order valence-electron chi connectivity index (χ4n) is 1.47. The summed E-state index contributed by atoms with van der Waals surface area (Å²) in [6.07, 6.45) is 1.38. The molecule has 0 spiro atoms. The van der Waals surface area contributed by atoms with Gasteiger partial charge in [0.1, 0.15) is 5.82 Å². The number of nitrogens with zero attached hydrogens (tertiary/aromatic N) is 2. The molecular formula is C11H12N4O3. The Labute approximate surface area is 103 Å². The highest BCUT2D eigenvalue weighted by molar-refractivity contribution is 5.96. The molecule has 2 aromatic heterocycles. The second-order valence-corrected chi connectivity index (χ2v) is 3.71. The summed E-state index contributed by atoms with van der Waals surface area (Å²) >= 11 is 0. The monoisotopic (exact) mass is 248 g/mol. The summed E-state index contributed by atoms with van der Waals surface area (Å²) in [5.74, 6) is -0.160. The standard InChI is InChI=1S/C11H12N4O3/c1-6-4-7(18-15-6)5-14-10-9(12)8(11(16)17)2-3-13-10/h2-4H,5,12H2,1H3,(H,13,14)(H,16,17). The molecule has 7 heteroatoms. The van der Waals surface area contributed by atoms with Crippen LogP contribution in [0.1, 0.15) is 21.8 Å². The number of hydrogen-bond acceptors (Lipinski definition) is 6. The van der Waals surface area contributed by atoms with Gasteiger partial charge < -0.3 is 20.7 Å². The van der Waals surface area contributed by atoms with Crippen molar-refractivity contribution in [2.75, 3.05) is 11.1 Å². The first-order chi connectivity index (χ1) is 8.58. The Hall–Kier alpha value is -2.57. The molecule has 18 heavy (non-hydrogen) atoms. The Morgan fingerprint density at radius 1 is 1.61 bits per heavy atom. The Morgan fingerprint density at radius 2 is 2.39 bits per heavy atom.